The number of nitrogens with one attached hydrogen (secondary N) is 1. The number of nitro benzene ring substituents is 1. The van der Waals surface area contributed by atoms with Crippen molar-refractivity contribution < 1.29 is 42.3 Å². The Balaban J connectivity index is 1.58. The summed E-state index contributed by atoms with van der Waals surface area (Å²) in [7, 11) is 0. The van der Waals surface area contributed by atoms with Crippen LogP contribution in [0.2, 0.25) is 0 Å². The third kappa shape index (κ3) is 4.99. The maximum atomic E-state index is 14.0. The van der Waals surface area contributed by atoms with Crippen molar-refractivity contribution in [1.29, 1.82) is 0 Å². The number of fused-ring (bicyclic) bond motifs is 1. The van der Waals surface area contributed by atoms with E-state index in [9.17, 15) is 42.8 Å². The van der Waals surface area contributed by atoms with Crippen LogP contribution in [0.1, 0.15) is 37.4 Å². The molecule has 5 unspecified atom stereocenters. The maximum Gasteiger partial charge on any atom is 0.416 e. The van der Waals surface area contributed by atoms with Gasteiger partial charge >= 0.3 is 12.1 Å². The van der Waals surface area contributed by atoms with Crippen molar-refractivity contribution in [1.82, 2.24) is 5.32 Å². The summed E-state index contributed by atoms with van der Waals surface area (Å²) in [4.78, 5) is 52.4. The lowest BCUT2D eigenvalue weighted by Crippen LogP contribution is -2.59. The fourth-order valence-electron chi connectivity index (χ4n) is 6.05. The fourth-order valence-corrected chi connectivity index (χ4v) is 6.05. The number of carboxylic acids is 1. The smallest absolute Gasteiger partial charge is 0.416 e. The zero-order valence-electron chi connectivity index (χ0n) is 22.9. The predicted octanol–water partition coefficient (Wildman–Crippen LogP) is 5.73. The summed E-state index contributed by atoms with van der Waals surface area (Å²) in [6.45, 7) is 3.41. The molecule has 2 aliphatic heterocycles. The van der Waals surface area contributed by atoms with Crippen LogP contribution in [0, 0.1) is 27.9 Å². The fraction of sp³-hybridized carbons (Fsp3) is 0.300. The maximum absolute atomic E-state index is 14.0. The second-order valence-electron chi connectivity index (χ2n) is 10.6. The molecule has 5 atom stereocenters. The molecule has 3 aromatic carbocycles. The number of benzene rings is 3. The molecule has 2 fully saturated rings. The first-order valence-corrected chi connectivity index (χ1v) is 13.4. The van der Waals surface area contributed by atoms with Gasteiger partial charge in [0, 0.05) is 18.2 Å². The summed E-state index contributed by atoms with van der Waals surface area (Å²) in [6, 6.07) is 14.3. The summed E-state index contributed by atoms with van der Waals surface area (Å²) in [5.74, 6) is -6.03. The average molecular weight is 598 g/mol. The molecule has 224 valence electrons. The summed E-state index contributed by atoms with van der Waals surface area (Å²) in [5, 5.41) is 25.0. The number of ether oxygens (including phenoxy) is 1. The average Bonchev–Trinajstić information content (AvgIpc) is 3.46. The van der Waals surface area contributed by atoms with Gasteiger partial charge in [-0.2, -0.15) is 13.2 Å². The number of amides is 2. The Kier molecular flexibility index (Phi) is 7.46. The Morgan fingerprint density at radius 2 is 1.72 bits per heavy atom. The van der Waals surface area contributed by atoms with E-state index in [-0.39, 0.29) is 22.9 Å². The van der Waals surface area contributed by atoms with E-state index in [0.29, 0.717) is 12.0 Å². The lowest BCUT2D eigenvalue weighted by Gasteiger charge is -2.36. The first-order chi connectivity index (χ1) is 20.3. The zero-order valence-corrected chi connectivity index (χ0v) is 22.9. The highest BCUT2D eigenvalue weighted by Gasteiger charge is 2.70. The predicted molar refractivity (Wildman–Crippen MR) is 146 cm³/mol. The number of imide groups is 1. The Hall–Kier alpha value is -4.78. The van der Waals surface area contributed by atoms with Crippen molar-refractivity contribution in [3.8, 4) is 11.5 Å². The minimum Gasteiger partial charge on any atom is -0.480 e. The van der Waals surface area contributed by atoms with Crippen LogP contribution in [0.4, 0.5) is 24.5 Å². The molecule has 5 rings (SSSR count). The number of halogens is 3. The van der Waals surface area contributed by atoms with Crippen LogP contribution in [0.3, 0.4) is 0 Å². The van der Waals surface area contributed by atoms with Gasteiger partial charge in [-0.25, -0.2) is 4.90 Å². The number of carboxylic acid groups (broad SMARTS) is 1. The van der Waals surface area contributed by atoms with Crippen molar-refractivity contribution in [2.45, 2.75) is 38.0 Å². The highest BCUT2D eigenvalue weighted by molar-refractivity contribution is 6.24. The van der Waals surface area contributed by atoms with Gasteiger partial charge in [0.15, 0.2) is 0 Å². The van der Waals surface area contributed by atoms with E-state index in [1.807, 2.05) is 0 Å². The quantitative estimate of drug-likeness (QED) is 0.191. The summed E-state index contributed by atoms with van der Waals surface area (Å²) >= 11 is 0. The lowest BCUT2D eigenvalue weighted by atomic mass is 9.72. The van der Waals surface area contributed by atoms with Crippen molar-refractivity contribution in [3.63, 3.8) is 0 Å². The number of nitro groups is 1. The van der Waals surface area contributed by atoms with Gasteiger partial charge in [0.1, 0.15) is 17.0 Å². The molecule has 0 spiro atoms. The van der Waals surface area contributed by atoms with Crippen molar-refractivity contribution in [2.75, 3.05) is 4.90 Å². The number of hydrogen-bond acceptors (Lipinski definition) is 7. The van der Waals surface area contributed by atoms with Crippen LogP contribution < -0.4 is 15.0 Å². The second-order valence-corrected chi connectivity index (χ2v) is 10.6. The normalized spacial score (nSPS) is 24.1. The Labute approximate surface area is 243 Å². The van der Waals surface area contributed by atoms with Gasteiger partial charge in [-0.1, -0.05) is 44.5 Å². The van der Waals surface area contributed by atoms with Crippen molar-refractivity contribution in [2.24, 2.45) is 17.8 Å². The first kappa shape index (κ1) is 29.7. The highest BCUT2D eigenvalue weighted by Crippen LogP contribution is 2.53. The molecule has 0 aliphatic carbocycles. The Bertz CT molecular complexity index is 1630. The second kappa shape index (κ2) is 10.8. The monoisotopic (exact) mass is 597 g/mol. The zero-order chi connectivity index (χ0) is 31.3. The van der Waals surface area contributed by atoms with Crippen LogP contribution in [-0.4, -0.2) is 33.4 Å². The van der Waals surface area contributed by atoms with Crippen LogP contribution in [0.5, 0.6) is 11.5 Å². The van der Waals surface area contributed by atoms with Gasteiger partial charge < -0.3 is 9.84 Å². The number of non-ortho nitro benzene ring substituents is 1. The number of carbonyl (C=O) groups is 3. The molecule has 2 saturated heterocycles. The van der Waals surface area contributed by atoms with E-state index < -0.39 is 63.8 Å². The molecule has 3 aromatic rings. The van der Waals surface area contributed by atoms with Crippen LogP contribution in [0.25, 0.3) is 0 Å². The highest BCUT2D eigenvalue weighted by atomic mass is 19.4. The van der Waals surface area contributed by atoms with Crippen LogP contribution in [0.15, 0.2) is 72.8 Å². The SMILES string of the molecule is CCC(C)C1(C(=O)O)NC(c2cccc(Oc3cccc(C(F)(F)F)c3)c2)C2C(=O)N(c3cccc([N+](=O)[O-])c3)C(=O)C21. The molecule has 2 heterocycles. The minimum atomic E-state index is -4.58. The standard InChI is InChI=1S/C30H26F3N3O7/c1-3-16(2)29(28(39)40)24-23(26(37)35(27(24)38)19-9-6-10-20(15-19)36(41)42)25(34-29)17-7-4-11-21(13-17)43-22-12-5-8-18(14-22)30(31,32)33/h4-16,23-25,34H,3H2,1-2H3,(H,39,40). The number of rotatable bonds is 8. The minimum absolute atomic E-state index is 0.0533. The molecule has 0 radical (unpaired) electrons. The first-order valence-electron chi connectivity index (χ1n) is 13.4. The number of carbonyl (C=O) groups excluding carboxylic acids is 2. The number of nitrogens with zero attached hydrogens (tertiary/aromatic N) is 2. The molecule has 10 nitrogen and oxygen atoms in total. The van der Waals surface area contributed by atoms with Gasteiger partial charge in [-0.3, -0.25) is 29.8 Å². The molecule has 2 amide bonds. The molecule has 13 heteroatoms. The van der Waals surface area contributed by atoms with Crippen molar-refractivity contribution >= 4 is 29.2 Å². The summed E-state index contributed by atoms with van der Waals surface area (Å²) in [5.41, 5.74) is -2.81. The largest absolute Gasteiger partial charge is 0.480 e. The van der Waals surface area contributed by atoms with E-state index in [0.717, 1.165) is 23.1 Å². The number of hydrogen-bond donors (Lipinski definition) is 2. The van der Waals surface area contributed by atoms with Gasteiger partial charge in [-0.05, 0) is 47.9 Å². The van der Waals surface area contributed by atoms with E-state index >= 15 is 0 Å². The topological polar surface area (TPSA) is 139 Å². The molecular formula is C30H26F3N3O7. The van der Waals surface area contributed by atoms with Gasteiger partial charge in [0.25, 0.3) is 5.69 Å². The van der Waals surface area contributed by atoms with Crippen LogP contribution >= 0.6 is 0 Å². The summed E-state index contributed by atoms with van der Waals surface area (Å²) < 4.78 is 45.3. The molecule has 0 aromatic heterocycles. The van der Waals surface area contributed by atoms with Gasteiger partial charge in [0.2, 0.25) is 11.8 Å². The third-order valence-corrected chi connectivity index (χ3v) is 8.25. The van der Waals surface area contributed by atoms with Crippen molar-refractivity contribution in [3.05, 3.63) is 94.0 Å². The Morgan fingerprint density at radius 1 is 1.07 bits per heavy atom. The molecule has 2 aliphatic rings. The molecular weight excluding hydrogens is 571 g/mol. The Morgan fingerprint density at radius 3 is 2.35 bits per heavy atom. The molecule has 2 N–H and O–H groups in total. The van der Waals surface area contributed by atoms with Gasteiger partial charge in [0.05, 0.1) is 28.0 Å². The van der Waals surface area contributed by atoms with E-state index in [4.69, 9.17) is 4.74 Å². The van der Waals surface area contributed by atoms with E-state index in [1.165, 1.54) is 42.5 Å². The van der Waals surface area contributed by atoms with Gasteiger partial charge in [-0.15, -0.1) is 0 Å². The lowest BCUT2D eigenvalue weighted by molar-refractivity contribution is -0.384. The number of alkyl halides is 3. The third-order valence-electron chi connectivity index (χ3n) is 8.25. The molecule has 0 saturated carbocycles. The summed E-state index contributed by atoms with van der Waals surface area (Å²) in [6.07, 6.45) is -4.24. The number of anilines is 1. The molecule has 43 heavy (non-hydrogen) atoms. The van der Waals surface area contributed by atoms with E-state index in [1.54, 1.807) is 26.0 Å². The van der Waals surface area contributed by atoms with Crippen LogP contribution in [-0.2, 0) is 20.6 Å². The number of aliphatic carboxylic acids is 1. The van der Waals surface area contributed by atoms with E-state index in [2.05, 4.69) is 5.32 Å². The molecule has 0 bridgehead atoms.